The van der Waals surface area contributed by atoms with Crippen LogP contribution in [-0.4, -0.2) is 15.9 Å². The van der Waals surface area contributed by atoms with Crippen molar-refractivity contribution in [1.29, 1.82) is 0 Å². The molecule has 110 valence electrons. The Hall–Kier alpha value is -1.37. The zero-order valence-electron chi connectivity index (χ0n) is 10.8. The molecule has 0 radical (unpaired) electrons. The highest BCUT2D eigenvalue weighted by molar-refractivity contribution is 9.10. The second-order valence-corrected chi connectivity index (χ2v) is 7.01. The molecular formula is C14H12BrClN2O2S. The van der Waals surface area contributed by atoms with Gasteiger partial charge in [-0.3, -0.25) is 9.00 Å². The summed E-state index contributed by atoms with van der Waals surface area (Å²) in [5, 5.41) is 2.99. The molecule has 0 saturated heterocycles. The molecule has 0 aliphatic carbocycles. The number of anilines is 2. The zero-order chi connectivity index (χ0) is 15.4. The smallest absolute Gasteiger partial charge is 0.237 e. The SMILES string of the molecule is Nc1ccc(Cl)c(NC(=O)CS(=O)c2ccc(Br)cc2)c1. The summed E-state index contributed by atoms with van der Waals surface area (Å²) >= 11 is 9.26. The van der Waals surface area contributed by atoms with Gasteiger partial charge in [0.25, 0.3) is 0 Å². The molecule has 0 aliphatic rings. The van der Waals surface area contributed by atoms with Gasteiger partial charge in [0, 0.05) is 15.1 Å². The van der Waals surface area contributed by atoms with E-state index in [1.165, 1.54) is 0 Å². The average molecular weight is 388 g/mol. The van der Waals surface area contributed by atoms with Crippen molar-refractivity contribution in [3.05, 3.63) is 52.0 Å². The molecule has 1 unspecified atom stereocenters. The summed E-state index contributed by atoms with van der Waals surface area (Å²) in [6.07, 6.45) is 0. The maximum atomic E-state index is 12.1. The number of carbonyl (C=O) groups excluding carboxylic acids is 1. The maximum absolute atomic E-state index is 12.1. The molecule has 0 aliphatic heterocycles. The molecule has 4 nitrogen and oxygen atoms in total. The second-order valence-electron chi connectivity index (χ2n) is 4.23. The molecule has 21 heavy (non-hydrogen) atoms. The van der Waals surface area contributed by atoms with Crippen LogP contribution >= 0.6 is 27.5 Å². The number of benzene rings is 2. The Bertz CT molecular complexity index is 692. The van der Waals surface area contributed by atoms with Crippen molar-refractivity contribution in [2.24, 2.45) is 0 Å². The second kappa shape index (κ2) is 7.06. The van der Waals surface area contributed by atoms with Crippen LogP contribution in [0.4, 0.5) is 11.4 Å². The molecule has 0 fully saturated rings. The lowest BCUT2D eigenvalue weighted by Gasteiger charge is -2.08. The van der Waals surface area contributed by atoms with E-state index in [1.807, 2.05) is 0 Å². The van der Waals surface area contributed by atoms with Crippen LogP contribution in [0, 0.1) is 0 Å². The normalized spacial score (nSPS) is 11.9. The number of hydrogen-bond acceptors (Lipinski definition) is 3. The van der Waals surface area contributed by atoms with Crippen molar-refractivity contribution in [3.8, 4) is 0 Å². The molecule has 0 heterocycles. The molecule has 2 aromatic carbocycles. The quantitative estimate of drug-likeness (QED) is 0.789. The van der Waals surface area contributed by atoms with Crippen molar-refractivity contribution < 1.29 is 9.00 Å². The number of nitrogen functional groups attached to an aromatic ring is 1. The molecule has 0 aromatic heterocycles. The van der Waals surface area contributed by atoms with Gasteiger partial charge in [-0.25, -0.2) is 0 Å². The van der Waals surface area contributed by atoms with Crippen LogP contribution in [-0.2, 0) is 15.6 Å². The first-order valence-electron chi connectivity index (χ1n) is 5.94. The number of hydrogen-bond donors (Lipinski definition) is 2. The summed E-state index contributed by atoms with van der Waals surface area (Å²) in [6, 6.07) is 11.8. The lowest BCUT2D eigenvalue weighted by Crippen LogP contribution is -2.19. The molecule has 0 saturated carbocycles. The molecule has 0 spiro atoms. The lowest BCUT2D eigenvalue weighted by molar-refractivity contribution is -0.113. The van der Waals surface area contributed by atoms with E-state index >= 15 is 0 Å². The molecule has 3 N–H and O–H groups in total. The third kappa shape index (κ3) is 4.56. The Morgan fingerprint density at radius 2 is 1.90 bits per heavy atom. The van der Waals surface area contributed by atoms with Crippen molar-refractivity contribution in [2.45, 2.75) is 4.90 Å². The first kappa shape index (κ1) is 16.0. The van der Waals surface area contributed by atoms with Gasteiger partial charge in [-0.15, -0.1) is 0 Å². The van der Waals surface area contributed by atoms with E-state index in [9.17, 15) is 9.00 Å². The predicted molar refractivity (Wildman–Crippen MR) is 89.9 cm³/mol. The Morgan fingerprint density at radius 1 is 1.24 bits per heavy atom. The average Bonchev–Trinajstić information content (AvgIpc) is 2.43. The van der Waals surface area contributed by atoms with Crippen LogP contribution in [0.15, 0.2) is 51.8 Å². The summed E-state index contributed by atoms with van der Waals surface area (Å²) in [5.41, 5.74) is 6.54. The first-order valence-corrected chi connectivity index (χ1v) is 8.43. The van der Waals surface area contributed by atoms with E-state index in [1.54, 1.807) is 42.5 Å². The number of rotatable bonds is 4. The van der Waals surface area contributed by atoms with E-state index in [2.05, 4.69) is 21.2 Å². The van der Waals surface area contributed by atoms with Crippen LogP contribution in [0.25, 0.3) is 0 Å². The highest BCUT2D eigenvalue weighted by Gasteiger charge is 2.12. The molecule has 2 aromatic rings. The van der Waals surface area contributed by atoms with Gasteiger partial charge in [-0.1, -0.05) is 27.5 Å². The fourth-order valence-corrected chi connectivity index (χ4v) is 2.96. The summed E-state index contributed by atoms with van der Waals surface area (Å²) in [7, 11) is -1.41. The Morgan fingerprint density at radius 3 is 2.57 bits per heavy atom. The molecule has 1 atom stereocenters. The number of nitrogens with one attached hydrogen (secondary N) is 1. The molecule has 0 bridgehead atoms. The van der Waals surface area contributed by atoms with Crippen molar-refractivity contribution in [3.63, 3.8) is 0 Å². The standard InChI is InChI=1S/C14H12BrClN2O2S/c15-9-1-4-11(5-2-9)21(20)8-14(19)18-13-7-10(17)3-6-12(13)16/h1-7H,8,17H2,(H,18,19). The minimum atomic E-state index is -1.41. The van der Waals surface area contributed by atoms with Gasteiger partial charge in [0.15, 0.2) is 0 Å². The maximum Gasteiger partial charge on any atom is 0.237 e. The predicted octanol–water partition coefficient (Wildman–Crippen LogP) is 3.43. The van der Waals surface area contributed by atoms with Crippen LogP contribution in [0.3, 0.4) is 0 Å². The number of carbonyl (C=O) groups is 1. The fourth-order valence-electron chi connectivity index (χ4n) is 1.61. The number of nitrogens with two attached hydrogens (primary N) is 1. The van der Waals surface area contributed by atoms with E-state index < -0.39 is 10.8 Å². The highest BCUT2D eigenvalue weighted by atomic mass is 79.9. The molecule has 7 heteroatoms. The van der Waals surface area contributed by atoms with Gasteiger partial charge in [0.05, 0.1) is 21.5 Å². The van der Waals surface area contributed by atoms with Gasteiger partial charge < -0.3 is 11.1 Å². The van der Waals surface area contributed by atoms with Gasteiger partial charge >= 0.3 is 0 Å². The Balaban J connectivity index is 2.03. The molecular weight excluding hydrogens is 376 g/mol. The summed E-state index contributed by atoms with van der Waals surface area (Å²) in [4.78, 5) is 12.5. The Labute approximate surface area is 138 Å². The number of halogens is 2. The van der Waals surface area contributed by atoms with E-state index in [4.69, 9.17) is 17.3 Å². The van der Waals surface area contributed by atoms with E-state index in [-0.39, 0.29) is 11.7 Å². The van der Waals surface area contributed by atoms with Gasteiger partial charge in [-0.2, -0.15) is 0 Å². The van der Waals surface area contributed by atoms with E-state index in [0.29, 0.717) is 21.3 Å². The number of amides is 1. The largest absolute Gasteiger partial charge is 0.399 e. The minimum absolute atomic E-state index is 0.146. The van der Waals surface area contributed by atoms with Crippen LogP contribution in [0.5, 0.6) is 0 Å². The topological polar surface area (TPSA) is 72.2 Å². The van der Waals surface area contributed by atoms with Crippen molar-refractivity contribution in [1.82, 2.24) is 0 Å². The third-order valence-corrected chi connectivity index (χ3v) is 4.78. The summed E-state index contributed by atoms with van der Waals surface area (Å²) in [5.74, 6) is -0.531. The third-order valence-electron chi connectivity index (χ3n) is 2.60. The molecule has 2 rings (SSSR count). The van der Waals surface area contributed by atoms with Crippen molar-refractivity contribution >= 4 is 55.6 Å². The van der Waals surface area contributed by atoms with Gasteiger partial charge in [-0.05, 0) is 42.5 Å². The lowest BCUT2D eigenvalue weighted by atomic mass is 10.3. The first-order chi connectivity index (χ1) is 9.95. The molecule has 1 amide bonds. The van der Waals surface area contributed by atoms with E-state index in [0.717, 1.165) is 4.47 Å². The van der Waals surface area contributed by atoms with Crippen LogP contribution < -0.4 is 11.1 Å². The summed E-state index contributed by atoms with van der Waals surface area (Å²) in [6.45, 7) is 0. The van der Waals surface area contributed by atoms with Crippen LogP contribution in [0.2, 0.25) is 5.02 Å². The highest BCUT2D eigenvalue weighted by Crippen LogP contribution is 2.24. The van der Waals surface area contributed by atoms with Crippen molar-refractivity contribution in [2.75, 3.05) is 16.8 Å². The Kier molecular flexibility index (Phi) is 5.39. The van der Waals surface area contributed by atoms with Gasteiger partial charge in [0.2, 0.25) is 5.91 Å². The van der Waals surface area contributed by atoms with Gasteiger partial charge in [0.1, 0.15) is 5.75 Å². The minimum Gasteiger partial charge on any atom is -0.399 e. The zero-order valence-corrected chi connectivity index (χ0v) is 14.0. The summed E-state index contributed by atoms with van der Waals surface area (Å²) < 4.78 is 13.0. The monoisotopic (exact) mass is 386 g/mol. The fraction of sp³-hybridized carbons (Fsp3) is 0.0714. The van der Waals surface area contributed by atoms with Crippen LogP contribution in [0.1, 0.15) is 0 Å².